The number of aliphatic carboxylic acids is 1. The summed E-state index contributed by atoms with van der Waals surface area (Å²) < 4.78 is 25.9. The van der Waals surface area contributed by atoms with Gasteiger partial charge in [-0.15, -0.1) is 0 Å². The Morgan fingerprint density at radius 3 is 1.80 bits per heavy atom. The summed E-state index contributed by atoms with van der Waals surface area (Å²) in [5, 5.41) is 8.66. The molecule has 3 aromatic carbocycles. The predicted octanol–water partition coefficient (Wildman–Crippen LogP) is 5.84. The van der Waals surface area contributed by atoms with E-state index in [0.29, 0.717) is 42.1 Å². The molecule has 3 rings (SSSR count). The minimum Gasteiger partial charge on any atom is -0.494 e. The lowest BCUT2D eigenvalue weighted by Gasteiger charge is -2.09. The monoisotopic (exact) mass is 562 g/mol. The number of ether oxygens (including phenoxy) is 5. The van der Waals surface area contributed by atoms with Crippen molar-refractivity contribution >= 4 is 24.1 Å². The van der Waals surface area contributed by atoms with Gasteiger partial charge in [0.15, 0.2) is 0 Å². The van der Waals surface area contributed by atoms with E-state index in [1.165, 1.54) is 0 Å². The van der Waals surface area contributed by atoms with E-state index >= 15 is 0 Å². The molecule has 3 aromatic rings. The second-order valence-electron chi connectivity index (χ2n) is 8.59. The van der Waals surface area contributed by atoms with E-state index in [1.807, 2.05) is 0 Å². The van der Waals surface area contributed by atoms with Crippen LogP contribution in [0.2, 0.25) is 0 Å². The molecule has 0 aliphatic heterocycles. The third-order valence-corrected chi connectivity index (χ3v) is 5.52. The molecule has 0 unspecified atom stereocenters. The second-order valence-corrected chi connectivity index (χ2v) is 8.59. The highest BCUT2D eigenvalue weighted by Gasteiger charge is 2.11. The van der Waals surface area contributed by atoms with Gasteiger partial charge in [0.2, 0.25) is 0 Å². The Kier molecular flexibility index (Phi) is 11.9. The Balaban J connectivity index is 1.42. The van der Waals surface area contributed by atoms with Gasteiger partial charge in [0.1, 0.15) is 17.2 Å². The van der Waals surface area contributed by atoms with Crippen molar-refractivity contribution in [2.75, 3.05) is 19.8 Å². The Bertz CT molecular complexity index is 1310. The van der Waals surface area contributed by atoms with Gasteiger partial charge in [0.05, 0.1) is 25.4 Å². The molecule has 214 valence electrons. The fourth-order valence-corrected chi connectivity index (χ4v) is 3.41. The van der Waals surface area contributed by atoms with Crippen LogP contribution in [-0.4, -0.2) is 49.0 Å². The summed E-state index contributed by atoms with van der Waals surface area (Å²) in [6, 6.07) is 20.2. The fourth-order valence-electron chi connectivity index (χ4n) is 3.41. The first-order valence-electron chi connectivity index (χ1n) is 12.8. The average Bonchev–Trinajstić information content (AvgIpc) is 2.98. The summed E-state index contributed by atoms with van der Waals surface area (Å²) in [7, 11) is 0. The summed E-state index contributed by atoms with van der Waals surface area (Å²) in [6.07, 6.45) is 1.74. The van der Waals surface area contributed by atoms with Crippen LogP contribution >= 0.6 is 0 Å². The van der Waals surface area contributed by atoms with Gasteiger partial charge in [-0.25, -0.2) is 14.4 Å². The molecule has 10 nitrogen and oxygen atoms in total. The van der Waals surface area contributed by atoms with Crippen molar-refractivity contribution in [3.63, 3.8) is 0 Å². The van der Waals surface area contributed by atoms with Crippen LogP contribution in [0.1, 0.15) is 36.0 Å². The topological polar surface area (TPSA) is 135 Å². The van der Waals surface area contributed by atoms with Crippen LogP contribution in [0.4, 0.5) is 4.79 Å². The lowest BCUT2D eigenvalue weighted by Crippen LogP contribution is -2.12. The fraction of sp³-hybridized carbons (Fsp3) is 0.226. The molecule has 10 heteroatoms. The Labute approximate surface area is 237 Å². The molecular formula is C31H30O10. The third-order valence-electron chi connectivity index (χ3n) is 5.52. The van der Waals surface area contributed by atoms with Gasteiger partial charge >= 0.3 is 24.1 Å². The maximum absolute atomic E-state index is 12.5. The standard InChI is InChI=1S/C31H30O10/c1-2-29(34)38-19-3-4-20-39-31(36)41-27-13-11-23(12-14-27)22-7-9-24(10-8-22)30(35)40-26-17-15-25(16-18-26)37-21-5-6-28(32)33/h2,7-18H,1,3-6,19-21H2,(H,32,33). The van der Waals surface area contributed by atoms with Crippen LogP contribution in [0.5, 0.6) is 17.2 Å². The molecule has 41 heavy (non-hydrogen) atoms. The first-order chi connectivity index (χ1) is 19.8. The number of rotatable bonds is 15. The Morgan fingerprint density at radius 1 is 0.659 bits per heavy atom. The number of esters is 2. The molecule has 0 aromatic heterocycles. The lowest BCUT2D eigenvalue weighted by molar-refractivity contribution is -0.138. The quantitative estimate of drug-likeness (QED) is 0.0791. The van der Waals surface area contributed by atoms with E-state index in [1.54, 1.807) is 72.8 Å². The zero-order chi connectivity index (χ0) is 29.5. The van der Waals surface area contributed by atoms with E-state index in [-0.39, 0.29) is 26.2 Å². The number of benzene rings is 3. The van der Waals surface area contributed by atoms with Gasteiger partial charge in [0, 0.05) is 12.5 Å². The molecule has 0 aliphatic rings. The number of hydrogen-bond acceptors (Lipinski definition) is 9. The van der Waals surface area contributed by atoms with Crippen LogP contribution in [-0.2, 0) is 19.1 Å². The summed E-state index contributed by atoms with van der Waals surface area (Å²) in [5.41, 5.74) is 2.06. The maximum Gasteiger partial charge on any atom is 0.513 e. The largest absolute Gasteiger partial charge is 0.513 e. The Hall–Kier alpha value is -5.12. The maximum atomic E-state index is 12.5. The summed E-state index contributed by atoms with van der Waals surface area (Å²) in [4.78, 5) is 45.9. The first kappa shape index (κ1) is 30.4. The van der Waals surface area contributed by atoms with Crippen molar-refractivity contribution in [1.29, 1.82) is 0 Å². The van der Waals surface area contributed by atoms with E-state index in [9.17, 15) is 19.2 Å². The molecule has 0 saturated carbocycles. The van der Waals surface area contributed by atoms with E-state index in [4.69, 9.17) is 28.8 Å². The first-order valence-corrected chi connectivity index (χ1v) is 12.8. The van der Waals surface area contributed by atoms with Crippen LogP contribution in [0.15, 0.2) is 85.5 Å². The summed E-state index contributed by atoms with van der Waals surface area (Å²) in [6.45, 7) is 3.93. The van der Waals surface area contributed by atoms with Crippen molar-refractivity contribution in [2.45, 2.75) is 25.7 Å². The number of carboxylic acids is 1. The lowest BCUT2D eigenvalue weighted by atomic mass is 10.0. The molecule has 1 N–H and O–H groups in total. The van der Waals surface area contributed by atoms with Gasteiger partial charge in [-0.3, -0.25) is 4.79 Å². The second kappa shape index (κ2) is 16.1. The van der Waals surface area contributed by atoms with Gasteiger partial charge in [-0.2, -0.15) is 0 Å². The van der Waals surface area contributed by atoms with Gasteiger partial charge < -0.3 is 28.8 Å². The number of carboxylic acid groups (broad SMARTS) is 1. The van der Waals surface area contributed by atoms with Gasteiger partial charge in [-0.05, 0) is 78.9 Å². The highest BCUT2D eigenvalue weighted by atomic mass is 16.7. The minimum absolute atomic E-state index is 0.0337. The van der Waals surface area contributed by atoms with E-state index in [2.05, 4.69) is 6.58 Å². The average molecular weight is 563 g/mol. The zero-order valence-electron chi connectivity index (χ0n) is 22.3. The number of carbonyl (C=O) groups is 4. The molecule has 0 saturated heterocycles. The highest BCUT2D eigenvalue weighted by molar-refractivity contribution is 5.91. The normalized spacial score (nSPS) is 10.2. The predicted molar refractivity (Wildman–Crippen MR) is 148 cm³/mol. The molecule has 0 aliphatic carbocycles. The third kappa shape index (κ3) is 10.9. The van der Waals surface area contributed by atoms with Crippen LogP contribution < -0.4 is 14.2 Å². The van der Waals surface area contributed by atoms with Gasteiger partial charge in [0.25, 0.3) is 0 Å². The minimum atomic E-state index is -0.873. The van der Waals surface area contributed by atoms with Crippen LogP contribution in [0.25, 0.3) is 11.1 Å². The SMILES string of the molecule is C=CC(=O)OCCCCOC(=O)Oc1ccc(-c2ccc(C(=O)Oc3ccc(OCCCC(=O)O)cc3)cc2)cc1. The highest BCUT2D eigenvalue weighted by Crippen LogP contribution is 2.24. The molecule has 0 spiro atoms. The van der Waals surface area contributed by atoms with Crippen molar-refractivity contribution in [3.05, 3.63) is 91.0 Å². The van der Waals surface area contributed by atoms with Crippen molar-refractivity contribution in [1.82, 2.24) is 0 Å². The van der Waals surface area contributed by atoms with E-state index < -0.39 is 24.1 Å². The molecule has 0 bridgehead atoms. The number of hydrogen-bond donors (Lipinski definition) is 1. The molecule has 0 fully saturated rings. The zero-order valence-corrected chi connectivity index (χ0v) is 22.3. The van der Waals surface area contributed by atoms with Crippen molar-refractivity contribution < 1.29 is 48.0 Å². The summed E-state index contributed by atoms with van der Waals surface area (Å²) in [5.74, 6) is -0.677. The van der Waals surface area contributed by atoms with Crippen molar-refractivity contribution in [3.8, 4) is 28.4 Å². The van der Waals surface area contributed by atoms with Crippen molar-refractivity contribution in [2.24, 2.45) is 0 Å². The van der Waals surface area contributed by atoms with E-state index in [0.717, 1.165) is 17.2 Å². The molecule has 0 heterocycles. The molecular weight excluding hydrogens is 532 g/mol. The smallest absolute Gasteiger partial charge is 0.494 e. The number of unbranched alkanes of at least 4 members (excludes halogenated alkanes) is 1. The molecule has 0 radical (unpaired) electrons. The Morgan fingerprint density at radius 2 is 1.20 bits per heavy atom. The number of carbonyl (C=O) groups excluding carboxylic acids is 3. The molecule has 0 amide bonds. The van der Waals surface area contributed by atoms with Crippen LogP contribution in [0.3, 0.4) is 0 Å². The molecule has 0 atom stereocenters. The van der Waals surface area contributed by atoms with Gasteiger partial charge in [-0.1, -0.05) is 30.8 Å². The summed E-state index contributed by atoms with van der Waals surface area (Å²) >= 11 is 0. The van der Waals surface area contributed by atoms with Crippen LogP contribution in [0, 0.1) is 0 Å².